The molecule has 5 heteroatoms. The zero-order valence-electron chi connectivity index (χ0n) is 12.0. The molecule has 1 saturated carbocycles. The molecule has 2 N–H and O–H groups in total. The minimum absolute atomic E-state index is 0.0179. The van der Waals surface area contributed by atoms with E-state index in [2.05, 4.69) is 10.2 Å². The van der Waals surface area contributed by atoms with Gasteiger partial charge in [-0.1, -0.05) is 12.8 Å². The molecule has 0 radical (unpaired) electrons. The van der Waals surface area contributed by atoms with Gasteiger partial charge in [-0.25, -0.2) is 4.79 Å². The van der Waals surface area contributed by atoms with Gasteiger partial charge in [-0.05, 0) is 25.7 Å². The number of likely N-dealkylation sites (tertiary alicyclic amines) is 1. The van der Waals surface area contributed by atoms with E-state index in [0.29, 0.717) is 12.6 Å². The molecule has 0 spiro atoms. The highest BCUT2D eigenvalue weighted by atomic mass is 16.3. The number of likely N-dealkylation sites (N-methyl/N-ethyl adjacent to an activating group) is 1. The number of hydrogen-bond donors (Lipinski definition) is 2. The van der Waals surface area contributed by atoms with Crippen LogP contribution in [0.4, 0.5) is 4.79 Å². The van der Waals surface area contributed by atoms with Gasteiger partial charge in [0.25, 0.3) is 0 Å². The molecule has 2 fully saturated rings. The quantitative estimate of drug-likeness (QED) is 0.801. The van der Waals surface area contributed by atoms with Gasteiger partial charge >= 0.3 is 6.03 Å². The number of amides is 2. The predicted molar refractivity (Wildman–Crippen MR) is 75.1 cm³/mol. The molecule has 1 heterocycles. The lowest BCUT2D eigenvalue weighted by atomic mass is 10.0. The van der Waals surface area contributed by atoms with Crippen molar-refractivity contribution >= 4 is 6.03 Å². The average Bonchev–Trinajstić information content (AvgIpc) is 2.94. The van der Waals surface area contributed by atoms with Crippen LogP contribution in [0.5, 0.6) is 0 Å². The Morgan fingerprint density at radius 2 is 1.89 bits per heavy atom. The maximum absolute atomic E-state index is 11.8. The normalized spacial score (nSPS) is 22.6. The molecule has 5 nitrogen and oxygen atoms in total. The summed E-state index contributed by atoms with van der Waals surface area (Å²) >= 11 is 0. The summed E-state index contributed by atoms with van der Waals surface area (Å²) in [6, 6.07) is 1.04. The van der Waals surface area contributed by atoms with Gasteiger partial charge in [0.1, 0.15) is 0 Å². The van der Waals surface area contributed by atoms with Crippen molar-refractivity contribution in [3.8, 4) is 0 Å². The number of nitrogens with zero attached hydrogens (tertiary/aromatic N) is 2. The molecule has 1 saturated heterocycles. The van der Waals surface area contributed by atoms with Crippen LogP contribution in [0.15, 0.2) is 0 Å². The van der Waals surface area contributed by atoms with Gasteiger partial charge in [-0.3, -0.25) is 0 Å². The minimum Gasteiger partial charge on any atom is -0.395 e. The van der Waals surface area contributed by atoms with Crippen molar-refractivity contribution in [3.05, 3.63) is 0 Å². The summed E-state index contributed by atoms with van der Waals surface area (Å²) in [5, 5.41) is 11.9. The molecule has 2 rings (SSSR count). The van der Waals surface area contributed by atoms with Crippen molar-refractivity contribution < 1.29 is 9.90 Å². The number of nitrogens with one attached hydrogen (secondary N) is 1. The van der Waals surface area contributed by atoms with Gasteiger partial charge in [0.05, 0.1) is 6.61 Å². The van der Waals surface area contributed by atoms with E-state index in [4.69, 9.17) is 5.11 Å². The molecule has 110 valence electrons. The van der Waals surface area contributed by atoms with Crippen molar-refractivity contribution in [1.82, 2.24) is 15.1 Å². The van der Waals surface area contributed by atoms with E-state index in [-0.39, 0.29) is 12.6 Å². The maximum Gasteiger partial charge on any atom is 0.317 e. The number of aliphatic hydroxyl groups excluding tert-OH is 1. The summed E-state index contributed by atoms with van der Waals surface area (Å²) in [5.41, 5.74) is 0. The summed E-state index contributed by atoms with van der Waals surface area (Å²) in [7, 11) is 1.72. The fourth-order valence-corrected chi connectivity index (χ4v) is 3.21. The highest BCUT2D eigenvalue weighted by Gasteiger charge is 2.27. The second-order valence-corrected chi connectivity index (χ2v) is 5.84. The first kappa shape index (κ1) is 14.6. The summed E-state index contributed by atoms with van der Waals surface area (Å²) in [5.74, 6) is 0. The summed E-state index contributed by atoms with van der Waals surface area (Å²) in [4.78, 5) is 16.0. The summed E-state index contributed by atoms with van der Waals surface area (Å²) < 4.78 is 0. The van der Waals surface area contributed by atoms with Crippen LogP contribution in [0, 0.1) is 0 Å². The number of carbonyl (C=O) groups is 1. The monoisotopic (exact) mass is 269 g/mol. The van der Waals surface area contributed by atoms with Crippen LogP contribution < -0.4 is 5.32 Å². The van der Waals surface area contributed by atoms with Crippen LogP contribution >= 0.6 is 0 Å². The van der Waals surface area contributed by atoms with E-state index in [9.17, 15) is 4.79 Å². The molecule has 2 aliphatic rings. The van der Waals surface area contributed by atoms with Gasteiger partial charge in [0.2, 0.25) is 0 Å². The van der Waals surface area contributed by atoms with E-state index in [1.807, 2.05) is 0 Å². The Labute approximate surface area is 115 Å². The number of aliphatic hydroxyl groups is 1. The predicted octanol–water partition coefficient (Wildman–Crippen LogP) is 1.03. The highest BCUT2D eigenvalue weighted by molar-refractivity contribution is 5.74. The third-order valence-electron chi connectivity index (χ3n) is 4.48. The van der Waals surface area contributed by atoms with Crippen LogP contribution in [0.1, 0.15) is 38.5 Å². The minimum atomic E-state index is -0.0617. The lowest BCUT2D eigenvalue weighted by Crippen LogP contribution is -2.50. The molecule has 2 amide bonds. The molecule has 0 aromatic carbocycles. The van der Waals surface area contributed by atoms with E-state index in [0.717, 1.165) is 32.0 Å². The van der Waals surface area contributed by atoms with Crippen molar-refractivity contribution in [2.24, 2.45) is 0 Å². The molecule has 0 bridgehead atoms. The summed E-state index contributed by atoms with van der Waals surface area (Å²) in [6.07, 6.45) is 7.58. The molecule has 19 heavy (non-hydrogen) atoms. The Hall–Kier alpha value is -0.810. The van der Waals surface area contributed by atoms with Crippen molar-refractivity contribution in [2.45, 2.75) is 50.6 Å². The smallest absolute Gasteiger partial charge is 0.317 e. The van der Waals surface area contributed by atoms with Crippen LogP contribution in [-0.2, 0) is 0 Å². The van der Waals surface area contributed by atoms with E-state index >= 15 is 0 Å². The number of urea groups is 1. The molecule has 1 aliphatic carbocycles. The van der Waals surface area contributed by atoms with Crippen LogP contribution in [0.25, 0.3) is 0 Å². The van der Waals surface area contributed by atoms with E-state index < -0.39 is 0 Å². The largest absolute Gasteiger partial charge is 0.395 e. The standard InChI is InChI=1S/C14H27N3O2/c1-16(10-11-18)14(19)15-12-6-8-17(9-7-12)13-4-2-3-5-13/h12-13,18H,2-11H2,1H3,(H,15,19). The Kier molecular flexibility index (Phi) is 5.45. The van der Waals surface area contributed by atoms with E-state index in [1.54, 1.807) is 11.9 Å². The first-order valence-electron chi connectivity index (χ1n) is 7.57. The second kappa shape index (κ2) is 7.10. The molecular weight excluding hydrogens is 242 g/mol. The first-order chi connectivity index (χ1) is 9.20. The Bertz CT molecular complexity index is 284. The molecule has 0 unspecified atom stereocenters. The lowest BCUT2D eigenvalue weighted by molar-refractivity contribution is 0.140. The molecule has 0 atom stereocenters. The molecular formula is C14H27N3O2. The Balaban J connectivity index is 1.69. The van der Waals surface area contributed by atoms with Crippen molar-refractivity contribution in [3.63, 3.8) is 0 Å². The zero-order valence-corrected chi connectivity index (χ0v) is 12.0. The van der Waals surface area contributed by atoms with Crippen LogP contribution in [0.3, 0.4) is 0 Å². The van der Waals surface area contributed by atoms with Gasteiger partial charge in [0.15, 0.2) is 0 Å². The van der Waals surface area contributed by atoms with Crippen molar-refractivity contribution in [2.75, 3.05) is 33.3 Å². The highest BCUT2D eigenvalue weighted by Crippen LogP contribution is 2.26. The molecule has 0 aromatic heterocycles. The Morgan fingerprint density at radius 3 is 2.47 bits per heavy atom. The zero-order chi connectivity index (χ0) is 13.7. The van der Waals surface area contributed by atoms with Gasteiger partial charge in [-0.2, -0.15) is 0 Å². The van der Waals surface area contributed by atoms with Gasteiger partial charge in [-0.15, -0.1) is 0 Å². The van der Waals surface area contributed by atoms with E-state index in [1.165, 1.54) is 25.7 Å². The number of hydrogen-bond acceptors (Lipinski definition) is 3. The average molecular weight is 269 g/mol. The van der Waals surface area contributed by atoms with Gasteiger partial charge < -0.3 is 20.2 Å². The van der Waals surface area contributed by atoms with Gasteiger partial charge in [0, 0.05) is 38.8 Å². The number of rotatable bonds is 4. The summed E-state index contributed by atoms with van der Waals surface area (Å²) in [6.45, 7) is 2.63. The molecule has 0 aromatic rings. The maximum atomic E-state index is 11.8. The van der Waals surface area contributed by atoms with Crippen LogP contribution in [-0.4, -0.2) is 66.3 Å². The van der Waals surface area contributed by atoms with Crippen LogP contribution in [0.2, 0.25) is 0 Å². The van der Waals surface area contributed by atoms with Crippen molar-refractivity contribution in [1.29, 1.82) is 0 Å². The first-order valence-corrected chi connectivity index (χ1v) is 7.57. The fourth-order valence-electron chi connectivity index (χ4n) is 3.21. The third kappa shape index (κ3) is 4.08. The molecule has 1 aliphatic heterocycles. The topological polar surface area (TPSA) is 55.8 Å². The third-order valence-corrected chi connectivity index (χ3v) is 4.48. The number of carbonyl (C=O) groups excluding carboxylic acids is 1. The lowest BCUT2D eigenvalue weighted by Gasteiger charge is -2.36. The fraction of sp³-hybridized carbons (Fsp3) is 0.929. The number of piperidine rings is 1. The second-order valence-electron chi connectivity index (χ2n) is 5.84. The SMILES string of the molecule is CN(CCO)C(=O)NC1CCN(C2CCCC2)CC1. The Morgan fingerprint density at radius 1 is 1.26 bits per heavy atom.